The first kappa shape index (κ1) is 40.1. The lowest BCUT2D eigenvalue weighted by atomic mass is 10.2. The molecule has 0 heterocycles. The normalized spacial score (nSPS) is 11.5. The van der Waals surface area contributed by atoms with Crippen LogP contribution in [0.25, 0.3) is 0 Å². The molecule has 0 bridgehead atoms. The number of rotatable bonds is 35. The van der Waals surface area contributed by atoms with E-state index in [0.29, 0.717) is 132 Å². The fourth-order valence-corrected chi connectivity index (χ4v) is 3.01. The monoisotopic (exact) mass is 598 g/mol. The van der Waals surface area contributed by atoms with Crippen LogP contribution < -0.4 is 0 Å². The van der Waals surface area contributed by atoms with E-state index in [0.717, 1.165) is 19.3 Å². The van der Waals surface area contributed by atoms with Crippen molar-refractivity contribution in [1.29, 1.82) is 0 Å². The minimum Gasteiger partial charge on any atom is -0.463 e. The number of esters is 1. The Morgan fingerprint density at radius 3 is 1.02 bits per heavy atom. The summed E-state index contributed by atoms with van der Waals surface area (Å²) in [5.74, 6) is -0.158. The molecular weight excluding hydrogens is 540 g/mol. The predicted octanol–water partition coefficient (Wildman–Crippen LogP) is 2.68. The van der Waals surface area contributed by atoms with Crippen LogP contribution in [-0.2, 0) is 56.9 Å². The van der Waals surface area contributed by atoms with E-state index < -0.39 is 0 Å². The molecule has 0 aromatic heterocycles. The van der Waals surface area contributed by atoms with Gasteiger partial charge in [-0.1, -0.05) is 19.8 Å². The van der Waals surface area contributed by atoms with E-state index in [4.69, 9.17) is 52.1 Å². The van der Waals surface area contributed by atoms with Crippen molar-refractivity contribution in [3.8, 4) is 0 Å². The molecular formula is C29H58O12. The first-order chi connectivity index (χ1) is 20.2. The van der Waals surface area contributed by atoms with Crippen molar-refractivity contribution in [1.82, 2.24) is 0 Å². The van der Waals surface area contributed by atoms with Crippen LogP contribution in [0.3, 0.4) is 0 Å². The van der Waals surface area contributed by atoms with Gasteiger partial charge in [0.25, 0.3) is 0 Å². The summed E-state index contributed by atoms with van der Waals surface area (Å²) >= 11 is 0. The second-order valence-corrected chi connectivity index (χ2v) is 9.11. The van der Waals surface area contributed by atoms with Gasteiger partial charge < -0.3 is 52.1 Å². The Labute approximate surface area is 247 Å². The molecule has 0 rings (SSSR count). The van der Waals surface area contributed by atoms with Crippen molar-refractivity contribution in [2.75, 3.05) is 132 Å². The van der Waals surface area contributed by atoms with Crippen molar-refractivity contribution in [3.05, 3.63) is 0 Å². The van der Waals surface area contributed by atoms with Gasteiger partial charge in [-0.3, -0.25) is 4.79 Å². The van der Waals surface area contributed by atoms with Crippen molar-refractivity contribution < 1.29 is 56.9 Å². The van der Waals surface area contributed by atoms with E-state index in [9.17, 15) is 4.79 Å². The molecule has 0 saturated carbocycles. The smallest absolute Gasteiger partial charge is 0.305 e. The van der Waals surface area contributed by atoms with Crippen molar-refractivity contribution >= 4 is 5.97 Å². The number of carbonyl (C=O) groups is 1. The molecule has 0 fully saturated rings. The van der Waals surface area contributed by atoms with Gasteiger partial charge in [0.05, 0.1) is 132 Å². The number of unbranched alkanes of at least 4 members (excludes halogenated alkanes) is 2. The zero-order valence-corrected chi connectivity index (χ0v) is 25.9. The minimum atomic E-state index is -0.158. The fraction of sp³-hybridized carbons (Fsp3) is 0.966. The second-order valence-electron chi connectivity index (χ2n) is 9.11. The highest BCUT2D eigenvalue weighted by Gasteiger charge is 2.02. The van der Waals surface area contributed by atoms with Gasteiger partial charge in [0.2, 0.25) is 0 Å². The van der Waals surface area contributed by atoms with Crippen LogP contribution >= 0.6 is 0 Å². The van der Waals surface area contributed by atoms with Gasteiger partial charge in [-0.25, -0.2) is 0 Å². The van der Waals surface area contributed by atoms with Gasteiger partial charge in [0.1, 0.15) is 6.61 Å². The molecule has 0 spiro atoms. The maximum Gasteiger partial charge on any atom is 0.305 e. The molecule has 0 aromatic rings. The average molecular weight is 599 g/mol. The third-order valence-electron chi connectivity index (χ3n) is 5.13. The van der Waals surface area contributed by atoms with Crippen LogP contribution in [0.2, 0.25) is 0 Å². The van der Waals surface area contributed by atoms with Crippen LogP contribution in [0.5, 0.6) is 0 Å². The van der Waals surface area contributed by atoms with E-state index in [2.05, 4.69) is 6.92 Å². The number of hydrogen-bond acceptors (Lipinski definition) is 12. The fourth-order valence-electron chi connectivity index (χ4n) is 3.01. The molecule has 12 heteroatoms. The Kier molecular flexibility index (Phi) is 34.5. The van der Waals surface area contributed by atoms with Gasteiger partial charge in [-0.05, 0) is 20.3 Å². The predicted molar refractivity (Wildman–Crippen MR) is 154 cm³/mol. The molecule has 0 amide bonds. The van der Waals surface area contributed by atoms with Crippen molar-refractivity contribution in [3.63, 3.8) is 0 Å². The Balaban J connectivity index is 3.07. The summed E-state index contributed by atoms with van der Waals surface area (Å²) in [6, 6.07) is 0. The molecule has 246 valence electrons. The molecule has 0 unspecified atom stereocenters. The average Bonchev–Trinajstić information content (AvgIpc) is 2.96. The molecule has 41 heavy (non-hydrogen) atoms. The Hall–Kier alpha value is -0.930. The van der Waals surface area contributed by atoms with E-state index in [1.165, 1.54) is 0 Å². The topological polar surface area (TPSA) is 119 Å². The molecule has 0 radical (unpaired) electrons. The van der Waals surface area contributed by atoms with Crippen LogP contribution in [0, 0.1) is 0 Å². The van der Waals surface area contributed by atoms with Crippen LogP contribution in [-0.4, -0.2) is 144 Å². The number of ether oxygens (including phenoxy) is 11. The Morgan fingerprint density at radius 1 is 0.439 bits per heavy atom. The molecule has 0 N–H and O–H groups in total. The zero-order valence-electron chi connectivity index (χ0n) is 25.9. The lowest BCUT2D eigenvalue weighted by Crippen LogP contribution is -2.15. The summed E-state index contributed by atoms with van der Waals surface area (Å²) in [7, 11) is 0. The Bertz CT molecular complexity index is 510. The van der Waals surface area contributed by atoms with E-state index >= 15 is 0 Å². The third kappa shape index (κ3) is 37.0. The summed E-state index contributed by atoms with van der Waals surface area (Å²) in [5.41, 5.74) is 0. The summed E-state index contributed by atoms with van der Waals surface area (Å²) < 4.78 is 59.4. The minimum absolute atomic E-state index is 0.158. The van der Waals surface area contributed by atoms with Crippen LogP contribution in [0.15, 0.2) is 0 Å². The molecule has 0 atom stereocenters. The van der Waals surface area contributed by atoms with E-state index in [1.807, 2.05) is 13.8 Å². The summed E-state index contributed by atoms with van der Waals surface area (Å²) in [5, 5.41) is 0. The van der Waals surface area contributed by atoms with Gasteiger partial charge in [0.15, 0.2) is 0 Å². The summed E-state index contributed by atoms with van der Waals surface area (Å²) in [6.45, 7) is 16.1. The largest absolute Gasteiger partial charge is 0.463 e. The standard InChI is InChI=1S/C29H58O12/c1-4-5-6-7-29(30)41-27-25-39-23-21-37-19-17-35-15-13-33-11-9-31-8-10-32-12-14-34-16-18-36-20-22-38-24-26-40-28(2)3/h28H,4-27H2,1-3H3. The first-order valence-corrected chi connectivity index (χ1v) is 15.1. The molecule has 0 aliphatic carbocycles. The number of carbonyl (C=O) groups excluding carboxylic acids is 1. The zero-order chi connectivity index (χ0) is 29.9. The summed E-state index contributed by atoms with van der Waals surface area (Å²) in [4.78, 5) is 11.4. The first-order valence-electron chi connectivity index (χ1n) is 15.1. The molecule has 0 aliphatic heterocycles. The maximum atomic E-state index is 11.4. The van der Waals surface area contributed by atoms with E-state index in [-0.39, 0.29) is 18.7 Å². The van der Waals surface area contributed by atoms with Crippen LogP contribution in [0.4, 0.5) is 0 Å². The lowest BCUT2D eigenvalue weighted by Gasteiger charge is -2.09. The molecule has 0 aromatic carbocycles. The number of hydrogen-bond donors (Lipinski definition) is 0. The maximum absolute atomic E-state index is 11.4. The lowest BCUT2D eigenvalue weighted by molar-refractivity contribution is -0.145. The highest BCUT2D eigenvalue weighted by molar-refractivity contribution is 5.69. The van der Waals surface area contributed by atoms with Gasteiger partial charge in [-0.15, -0.1) is 0 Å². The quantitative estimate of drug-likeness (QED) is 0.0788. The molecule has 0 saturated heterocycles. The van der Waals surface area contributed by atoms with Gasteiger partial charge in [-0.2, -0.15) is 0 Å². The van der Waals surface area contributed by atoms with Crippen LogP contribution in [0.1, 0.15) is 46.5 Å². The summed E-state index contributed by atoms with van der Waals surface area (Å²) in [6.07, 6.45) is 3.73. The highest BCUT2D eigenvalue weighted by atomic mass is 16.6. The Morgan fingerprint density at radius 2 is 0.732 bits per heavy atom. The SMILES string of the molecule is CCCCCC(=O)OCCOCCOCCOCCOCCOCCOCCOCCOCCOCCOC(C)C. The van der Waals surface area contributed by atoms with Crippen molar-refractivity contribution in [2.24, 2.45) is 0 Å². The highest BCUT2D eigenvalue weighted by Crippen LogP contribution is 2.00. The van der Waals surface area contributed by atoms with E-state index in [1.54, 1.807) is 0 Å². The molecule has 0 aliphatic rings. The second kappa shape index (κ2) is 35.3. The van der Waals surface area contributed by atoms with Crippen molar-refractivity contribution in [2.45, 2.75) is 52.6 Å². The third-order valence-corrected chi connectivity index (χ3v) is 5.13. The van der Waals surface area contributed by atoms with Gasteiger partial charge in [0, 0.05) is 6.42 Å². The van der Waals surface area contributed by atoms with Gasteiger partial charge >= 0.3 is 5.97 Å². The molecule has 12 nitrogen and oxygen atoms in total.